The van der Waals surface area contributed by atoms with Gasteiger partial charge in [0.05, 0.1) is 6.54 Å². The number of anilines is 1. The molecule has 2 aromatic carbocycles. The molecular weight excluding hydrogens is 328 g/mol. The topological polar surface area (TPSA) is 38.1 Å². The highest BCUT2D eigenvalue weighted by Crippen LogP contribution is 2.21. The van der Waals surface area contributed by atoms with Crippen LogP contribution < -0.4 is 5.32 Å². The summed E-state index contributed by atoms with van der Waals surface area (Å²) in [5.74, 6) is 0.656. The summed E-state index contributed by atoms with van der Waals surface area (Å²) in [6, 6.07) is 13.3. The van der Waals surface area contributed by atoms with Crippen molar-refractivity contribution in [1.29, 1.82) is 0 Å². The Hall–Kier alpha value is -1.52. The first-order valence-electron chi connectivity index (χ1n) is 5.75. The van der Waals surface area contributed by atoms with Crippen LogP contribution in [0.15, 0.2) is 51.4 Å². The van der Waals surface area contributed by atoms with E-state index < -0.39 is 0 Å². The number of fused-ring (bicyclic) bond motifs is 1. The first kappa shape index (κ1) is 12.5. The van der Waals surface area contributed by atoms with E-state index in [1.165, 1.54) is 0 Å². The summed E-state index contributed by atoms with van der Waals surface area (Å²) in [7, 11) is 0. The molecule has 0 spiro atoms. The molecule has 96 valence electrons. The fourth-order valence-electron chi connectivity index (χ4n) is 1.77. The van der Waals surface area contributed by atoms with Crippen molar-refractivity contribution in [1.82, 2.24) is 4.98 Å². The highest BCUT2D eigenvalue weighted by molar-refractivity contribution is 9.10. The largest absolute Gasteiger partial charge is 0.439 e. The minimum absolute atomic E-state index is 0.536. The van der Waals surface area contributed by atoms with E-state index in [2.05, 4.69) is 26.2 Å². The van der Waals surface area contributed by atoms with Crippen molar-refractivity contribution in [3.8, 4) is 0 Å². The lowest BCUT2D eigenvalue weighted by molar-refractivity contribution is 0.540. The van der Waals surface area contributed by atoms with Crippen LogP contribution >= 0.6 is 27.5 Å². The molecule has 3 aromatic rings. The van der Waals surface area contributed by atoms with Gasteiger partial charge in [0.25, 0.3) is 0 Å². The number of rotatable bonds is 3. The summed E-state index contributed by atoms with van der Waals surface area (Å²) in [6.45, 7) is 0.536. The summed E-state index contributed by atoms with van der Waals surface area (Å²) in [5, 5.41) is 3.96. The number of hydrogen-bond donors (Lipinski definition) is 1. The molecule has 0 aliphatic rings. The second kappa shape index (κ2) is 5.23. The molecule has 3 rings (SSSR count). The number of aromatic nitrogens is 1. The van der Waals surface area contributed by atoms with Crippen molar-refractivity contribution in [3.05, 3.63) is 57.9 Å². The fourth-order valence-corrected chi connectivity index (χ4v) is 2.24. The Kier molecular flexibility index (Phi) is 3.44. The van der Waals surface area contributed by atoms with Crippen LogP contribution in [-0.4, -0.2) is 4.98 Å². The van der Waals surface area contributed by atoms with Crippen molar-refractivity contribution in [3.63, 3.8) is 0 Å². The summed E-state index contributed by atoms with van der Waals surface area (Å²) < 4.78 is 6.64. The van der Waals surface area contributed by atoms with Crippen molar-refractivity contribution >= 4 is 44.3 Å². The van der Waals surface area contributed by atoms with E-state index in [1.54, 1.807) is 0 Å². The van der Waals surface area contributed by atoms with Crippen LogP contribution in [0.2, 0.25) is 5.02 Å². The summed E-state index contributed by atoms with van der Waals surface area (Å²) in [4.78, 5) is 4.42. The molecule has 0 bridgehead atoms. The van der Waals surface area contributed by atoms with Gasteiger partial charge in [-0.15, -0.1) is 0 Å². The lowest BCUT2D eigenvalue weighted by atomic mass is 10.3. The van der Waals surface area contributed by atoms with Crippen LogP contribution in [0.4, 0.5) is 5.69 Å². The molecule has 0 aliphatic carbocycles. The molecular formula is C14H10BrClN2O. The molecule has 1 N–H and O–H groups in total. The molecule has 1 aromatic heterocycles. The molecule has 0 radical (unpaired) electrons. The fraction of sp³-hybridized carbons (Fsp3) is 0.0714. The van der Waals surface area contributed by atoms with E-state index in [9.17, 15) is 0 Å². The van der Waals surface area contributed by atoms with Crippen molar-refractivity contribution in [2.75, 3.05) is 5.32 Å². The molecule has 0 unspecified atom stereocenters. The first-order valence-corrected chi connectivity index (χ1v) is 6.92. The molecule has 0 aliphatic heterocycles. The van der Waals surface area contributed by atoms with E-state index >= 15 is 0 Å². The van der Waals surface area contributed by atoms with Gasteiger partial charge in [0, 0.05) is 15.2 Å². The summed E-state index contributed by atoms with van der Waals surface area (Å²) in [5.41, 5.74) is 2.62. The maximum Gasteiger partial charge on any atom is 0.214 e. The highest BCUT2D eigenvalue weighted by Gasteiger charge is 2.05. The van der Waals surface area contributed by atoms with Gasteiger partial charge in [-0.05, 0) is 42.5 Å². The van der Waals surface area contributed by atoms with Gasteiger partial charge in [0.1, 0.15) is 5.52 Å². The smallest absolute Gasteiger partial charge is 0.214 e. The molecule has 0 saturated carbocycles. The van der Waals surface area contributed by atoms with Crippen molar-refractivity contribution in [2.45, 2.75) is 6.54 Å². The standard InChI is InChI=1S/C14H10BrClN2O/c15-9-1-6-13-12(7-9)18-14(19-13)8-17-11-4-2-10(16)3-5-11/h1-7,17H,8H2. The monoisotopic (exact) mass is 336 g/mol. The Morgan fingerprint density at radius 2 is 1.95 bits per heavy atom. The van der Waals surface area contributed by atoms with Crippen LogP contribution in [-0.2, 0) is 6.54 Å². The van der Waals surface area contributed by atoms with Crippen molar-refractivity contribution < 1.29 is 4.42 Å². The minimum Gasteiger partial charge on any atom is -0.439 e. The van der Waals surface area contributed by atoms with Gasteiger partial charge < -0.3 is 9.73 Å². The SMILES string of the molecule is Clc1ccc(NCc2nc3cc(Br)ccc3o2)cc1. The maximum absolute atomic E-state index is 5.83. The second-order valence-electron chi connectivity index (χ2n) is 4.08. The summed E-state index contributed by atoms with van der Waals surface area (Å²) in [6.07, 6.45) is 0. The zero-order chi connectivity index (χ0) is 13.2. The molecule has 1 heterocycles. The first-order chi connectivity index (χ1) is 9.20. The van der Waals surface area contributed by atoms with E-state index in [1.807, 2.05) is 42.5 Å². The Bertz CT molecular complexity index is 709. The average Bonchev–Trinajstić information content (AvgIpc) is 2.80. The van der Waals surface area contributed by atoms with Crippen LogP contribution in [0.5, 0.6) is 0 Å². The van der Waals surface area contributed by atoms with Gasteiger partial charge in [-0.25, -0.2) is 4.98 Å². The summed E-state index contributed by atoms with van der Waals surface area (Å²) >= 11 is 9.25. The number of nitrogens with one attached hydrogen (secondary N) is 1. The maximum atomic E-state index is 5.83. The lowest BCUT2D eigenvalue weighted by Crippen LogP contribution is -1.98. The van der Waals surface area contributed by atoms with Gasteiger partial charge in [-0.1, -0.05) is 27.5 Å². The Balaban J connectivity index is 1.76. The van der Waals surface area contributed by atoms with Gasteiger partial charge >= 0.3 is 0 Å². The molecule has 5 heteroatoms. The van der Waals surface area contributed by atoms with Crippen LogP contribution in [0.3, 0.4) is 0 Å². The zero-order valence-corrected chi connectivity index (χ0v) is 12.2. The Morgan fingerprint density at radius 3 is 2.74 bits per heavy atom. The number of halogens is 2. The zero-order valence-electron chi connectivity index (χ0n) is 9.86. The van der Waals surface area contributed by atoms with Crippen LogP contribution in [0.25, 0.3) is 11.1 Å². The van der Waals surface area contributed by atoms with Crippen LogP contribution in [0, 0.1) is 0 Å². The quantitative estimate of drug-likeness (QED) is 0.742. The Labute approximate surface area is 123 Å². The third kappa shape index (κ3) is 2.91. The minimum atomic E-state index is 0.536. The average molecular weight is 338 g/mol. The molecule has 0 amide bonds. The van der Waals surface area contributed by atoms with Gasteiger partial charge in [-0.2, -0.15) is 0 Å². The van der Waals surface area contributed by atoms with Gasteiger partial charge in [0.2, 0.25) is 5.89 Å². The van der Waals surface area contributed by atoms with E-state index in [-0.39, 0.29) is 0 Å². The lowest BCUT2D eigenvalue weighted by Gasteiger charge is -2.02. The third-order valence-corrected chi connectivity index (χ3v) is 3.43. The number of nitrogens with zero attached hydrogens (tertiary/aromatic N) is 1. The molecule has 3 nitrogen and oxygen atoms in total. The third-order valence-electron chi connectivity index (χ3n) is 2.68. The second-order valence-corrected chi connectivity index (χ2v) is 5.43. The van der Waals surface area contributed by atoms with E-state index in [0.717, 1.165) is 26.3 Å². The van der Waals surface area contributed by atoms with E-state index in [0.29, 0.717) is 12.4 Å². The number of oxazole rings is 1. The van der Waals surface area contributed by atoms with Gasteiger partial charge in [0.15, 0.2) is 5.58 Å². The molecule has 0 fully saturated rings. The van der Waals surface area contributed by atoms with Gasteiger partial charge in [-0.3, -0.25) is 0 Å². The van der Waals surface area contributed by atoms with E-state index in [4.69, 9.17) is 16.0 Å². The van der Waals surface area contributed by atoms with Crippen molar-refractivity contribution in [2.24, 2.45) is 0 Å². The predicted molar refractivity (Wildman–Crippen MR) is 80.5 cm³/mol. The number of benzene rings is 2. The number of hydrogen-bond acceptors (Lipinski definition) is 3. The predicted octanol–water partition coefficient (Wildman–Crippen LogP) is 4.86. The molecule has 19 heavy (non-hydrogen) atoms. The molecule has 0 atom stereocenters. The normalized spacial score (nSPS) is 10.8. The van der Waals surface area contributed by atoms with Crippen LogP contribution in [0.1, 0.15) is 5.89 Å². The highest BCUT2D eigenvalue weighted by atomic mass is 79.9. The molecule has 0 saturated heterocycles. The Morgan fingerprint density at radius 1 is 1.16 bits per heavy atom.